The van der Waals surface area contributed by atoms with Crippen LogP contribution in [0.3, 0.4) is 0 Å². The summed E-state index contributed by atoms with van der Waals surface area (Å²) in [4.78, 5) is 7.66. The van der Waals surface area contributed by atoms with Crippen molar-refractivity contribution < 1.29 is 22.3 Å². The molecule has 0 spiro atoms. The van der Waals surface area contributed by atoms with Gasteiger partial charge in [0.25, 0.3) is 5.16 Å². The van der Waals surface area contributed by atoms with Crippen LogP contribution in [-0.2, 0) is 22.0 Å². The molecular weight excluding hydrogens is 454 g/mol. The molecule has 2 aromatic heterocycles. The monoisotopic (exact) mass is 474 g/mol. The van der Waals surface area contributed by atoms with Gasteiger partial charge in [-0.05, 0) is 23.8 Å². The van der Waals surface area contributed by atoms with Crippen LogP contribution in [0.1, 0.15) is 24.0 Å². The summed E-state index contributed by atoms with van der Waals surface area (Å²) in [5.74, 6) is -2.28. The van der Waals surface area contributed by atoms with Gasteiger partial charge in [0, 0.05) is 23.8 Å². The SMILES string of the molecule is CC(c1ccc(-n2cnc(S(C)(=O)=O)n2)cc1)C(O)(Cn1cncn1)c1ccc(F)cc1F. The first kappa shape index (κ1) is 22.7. The van der Waals surface area contributed by atoms with Gasteiger partial charge in [-0.15, -0.1) is 5.10 Å². The molecule has 2 aromatic carbocycles. The predicted molar refractivity (Wildman–Crippen MR) is 113 cm³/mol. The van der Waals surface area contributed by atoms with E-state index in [1.54, 1.807) is 31.2 Å². The Balaban J connectivity index is 1.70. The van der Waals surface area contributed by atoms with E-state index in [-0.39, 0.29) is 17.3 Å². The Morgan fingerprint density at radius 2 is 1.85 bits per heavy atom. The number of halogens is 2. The van der Waals surface area contributed by atoms with Gasteiger partial charge in [0.2, 0.25) is 9.84 Å². The molecule has 12 heteroatoms. The van der Waals surface area contributed by atoms with Crippen LogP contribution in [0.25, 0.3) is 5.69 Å². The van der Waals surface area contributed by atoms with Crippen molar-refractivity contribution in [1.82, 2.24) is 29.5 Å². The molecule has 2 atom stereocenters. The topological polar surface area (TPSA) is 116 Å². The van der Waals surface area contributed by atoms with Crippen molar-refractivity contribution in [3.05, 3.63) is 84.2 Å². The normalized spacial score (nSPS) is 14.7. The van der Waals surface area contributed by atoms with Crippen molar-refractivity contribution in [2.45, 2.75) is 30.1 Å². The number of aliphatic hydroxyl groups is 1. The fourth-order valence-electron chi connectivity index (χ4n) is 3.59. The lowest BCUT2D eigenvalue weighted by atomic mass is 9.78. The maximum absolute atomic E-state index is 14.7. The number of aromatic nitrogens is 6. The van der Waals surface area contributed by atoms with E-state index < -0.39 is 33.0 Å². The number of hydrogen-bond acceptors (Lipinski definition) is 7. The molecule has 2 heterocycles. The maximum atomic E-state index is 14.7. The minimum atomic E-state index is -3.55. The van der Waals surface area contributed by atoms with Crippen LogP contribution in [0.2, 0.25) is 0 Å². The lowest BCUT2D eigenvalue weighted by Crippen LogP contribution is -2.38. The van der Waals surface area contributed by atoms with Crippen molar-refractivity contribution >= 4 is 9.84 Å². The Bertz CT molecular complexity index is 1370. The summed E-state index contributed by atoms with van der Waals surface area (Å²) in [6, 6.07) is 9.78. The predicted octanol–water partition coefficient (Wildman–Crippen LogP) is 2.23. The number of benzene rings is 2. The third-order valence-electron chi connectivity index (χ3n) is 5.44. The van der Waals surface area contributed by atoms with Crippen molar-refractivity contribution in [3.8, 4) is 5.69 Å². The summed E-state index contributed by atoms with van der Waals surface area (Å²) in [6.07, 6.45) is 4.99. The summed E-state index contributed by atoms with van der Waals surface area (Å²) in [5, 5.41) is 19.3. The molecule has 0 bridgehead atoms. The molecule has 1 N–H and O–H groups in total. The Morgan fingerprint density at radius 1 is 1.12 bits per heavy atom. The second kappa shape index (κ2) is 8.45. The molecule has 4 rings (SSSR count). The smallest absolute Gasteiger partial charge is 0.266 e. The maximum Gasteiger partial charge on any atom is 0.266 e. The van der Waals surface area contributed by atoms with Crippen molar-refractivity contribution in [1.29, 1.82) is 0 Å². The molecule has 9 nitrogen and oxygen atoms in total. The highest BCUT2D eigenvalue weighted by Gasteiger charge is 2.40. The van der Waals surface area contributed by atoms with Gasteiger partial charge in [-0.1, -0.05) is 25.1 Å². The lowest BCUT2D eigenvalue weighted by Gasteiger charge is -2.35. The van der Waals surface area contributed by atoms with Crippen LogP contribution in [0.5, 0.6) is 0 Å². The van der Waals surface area contributed by atoms with Crippen LogP contribution < -0.4 is 0 Å². The molecule has 33 heavy (non-hydrogen) atoms. The molecule has 0 saturated carbocycles. The summed E-state index contributed by atoms with van der Waals surface area (Å²) >= 11 is 0. The number of hydrogen-bond donors (Lipinski definition) is 1. The third-order valence-corrected chi connectivity index (χ3v) is 6.29. The highest BCUT2D eigenvalue weighted by Crippen LogP contribution is 2.39. The molecule has 0 aliphatic heterocycles. The molecular formula is C21H20F2N6O3S. The molecule has 0 aliphatic carbocycles. The van der Waals surface area contributed by atoms with Gasteiger partial charge in [-0.2, -0.15) is 5.10 Å². The van der Waals surface area contributed by atoms with E-state index in [0.29, 0.717) is 11.3 Å². The fourth-order valence-corrected chi connectivity index (χ4v) is 4.07. The first-order valence-electron chi connectivity index (χ1n) is 9.80. The van der Waals surface area contributed by atoms with Crippen molar-refractivity contribution in [2.24, 2.45) is 0 Å². The number of nitrogens with zero attached hydrogens (tertiary/aromatic N) is 6. The van der Waals surface area contributed by atoms with Gasteiger partial charge >= 0.3 is 0 Å². The first-order chi connectivity index (χ1) is 15.6. The van der Waals surface area contributed by atoms with E-state index in [2.05, 4.69) is 20.2 Å². The van der Waals surface area contributed by atoms with Crippen LogP contribution in [0, 0.1) is 11.6 Å². The van der Waals surface area contributed by atoms with Gasteiger partial charge in [-0.25, -0.2) is 36.5 Å². The zero-order chi connectivity index (χ0) is 23.8. The lowest BCUT2D eigenvalue weighted by molar-refractivity contribution is -0.0112. The van der Waals surface area contributed by atoms with Gasteiger partial charge in [0.05, 0.1) is 12.2 Å². The first-order valence-corrected chi connectivity index (χ1v) is 11.7. The van der Waals surface area contributed by atoms with E-state index in [0.717, 1.165) is 18.4 Å². The van der Waals surface area contributed by atoms with Gasteiger partial charge in [-0.3, -0.25) is 0 Å². The summed E-state index contributed by atoms with van der Waals surface area (Å²) in [6.45, 7) is 1.59. The summed E-state index contributed by atoms with van der Waals surface area (Å²) in [7, 11) is -3.55. The average Bonchev–Trinajstić information content (AvgIpc) is 3.45. The van der Waals surface area contributed by atoms with E-state index in [4.69, 9.17) is 0 Å². The molecule has 0 saturated heterocycles. The molecule has 0 amide bonds. The number of sulfone groups is 1. The quantitative estimate of drug-likeness (QED) is 0.437. The molecule has 0 fully saturated rings. The molecule has 172 valence electrons. The molecule has 0 radical (unpaired) electrons. The Kier molecular flexibility index (Phi) is 5.80. The number of rotatable bonds is 7. The second-order valence-electron chi connectivity index (χ2n) is 7.70. The van der Waals surface area contributed by atoms with Crippen molar-refractivity contribution in [2.75, 3.05) is 6.26 Å². The van der Waals surface area contributed by atoms with E-state index in [1.807, 2.05) is 0 Å². The van der Waals surface area contributed by atoms with E-state index >= 15 is 0 Å². The fraction of sp³-hybridized carbons (Fsp3) is 0.238. The second-order valence-corrected chi connectivity index (χ2v) is 9.61. The Hall–Kier alpha value is -3.51. The summed E-state index contributed by atoms with van der Waals surface area (Å²) < 4.78 is 54.1. The minimum absolute atomic E-state index is 0.0787. The highest BCUT2D eigenvalue weighted by atomic mass is 32.2. The van der Waals surface area contributed by atoms with Crippen LogP contribution in [-0.4, -0.2) is 49.3 Å². The largest absolute Gasteiger partial charge is 0.382 e. The van der Waals surface area contributed by atoms with E-state index in [9.17, 15) is 22.3 Å². The molecule has 2 unspecified atom stereocenters. The summed E-state index contributed by atoms with van der Waals surface area (Å²) in [5.41, 5.74) is -0.677. The Morgan fingerprint density at radius 3 is 2.42 bits per heavy atom. The van der Waals surface area contributed by atoms with Gasteiger partial charge in [0.1, 0.15) is 36.2 Å². The van der Waals surface area contributed by atoms with Gasteiger partial charge < -0.3 is 5.11 Å². The third kappa shape index (κ3) is 4.52. The van der Waals surface area contributed by atoms with Crippen molar-refractivity contribution in [3.63, 3.8) is 0 Å². The van der Waals surface area contributed by atoms with Crippen LogP contribution in [0.15, 0.2) is 66.6 Å². The van der Waals surface area contributed by atoms with Gasteiger partial charge in [0.15, 0.2) is 0 Å². The highest BCUT2D eigenvalue weighted by molar-refractivity contribution is 7.90. The standard InChI is InChI=1S/C21H20F2N6O3S/c1-14(15-3-6-17(7-4-15)29-13-25-20(27-29)33(2,31)32)21(30,10-28-12-24-11-26-28)18-8-5-16(22)9-19(18)23/h3-9,11-14,30H,10H2,1-2H3. The zero-order valence-corrected chi connectivity index (χ0v) is 18.5. The Labute approximate surface area is 188 Å². The average molecular weight is 474 g/mol. The van der Waals surface area contributed by atoms with Crippen LogP contribution >= 0.6 is 0 Å². The zero-order valence-electron chi connectivity index (χ0n) is 17.7. The van der Waals surface area contributed by atoms with E-state index in [1.165, 1.54) is 34.4 Å². The molecule has 0 aliphatic rings. The molecule has 4 aromatic rings. The van der Waals surface area contributed by atoms with Crippen LogP contribution in [0.4, 0.5) is 8.78 Å². The minimum Gasteiger partial charge on any atom is -0.382 e.